The molecule has 0 fully saturated rings. The Labute approximate surface area is 116 Å². The van der Waals surface area contributed by atoms with Crippen LogP contribution in [0.15, 0.2) is 53.3 Å². The first kappa shape index (κ1) is 12.4. The second kappa shape index (κ2) is 5.17. The first-order valence-electron chi connectivity index (χ1n) is 6.50. The van der Waals surface area contributed by atoms with Crippen LogP contribution in [0, 0.1) is 0 Å². The van der Waals surface area contributed by atoms with Crippen LogP contribution in [0.25, 0.3) is 22.0 Å². The summed E-state index contributed by atoms with van der Waals surface area (Å²) < 4.78 is 5.44. The van der Waals surface area contributed by atoms with Crippen molar-refractivity contribution in [2.24, 2.45) is 0 Å². The molecule has 0 spiro atoms. The van der Waals surface area contributed by atoms with Gasteiger partial charge in [-0.2, -0.15) is 5.10 Å². The molecule has 100 valence electrons. The van der Waals surface area contributed by atoms with Crippen LogP contribution < -0.4 is 10.3 Å². The number of nitrogens with one attached hydrogen (secondary N) is 1. The lowest BCUT2D eigenvalue weighted by Crippen LogP contribution is -2.09. The van der Waals surface area contributed by atoms with Crippen molar-refractivity contribution in [2.45, 2.75) is 6.92 Å². The number of H-pyrrole nitrogens is 1. The van der Waals surface area contributed by atoms with Crippen LogP contribution in [-0.2, 0) is 0 Å². The van der Waals surface area contributed by atoms with E-state index in [4.69, 9.17) is 4.74 Å². The summed E-state index contributed by atoms with van der Waals surface area (Å²) >= 11 is 0. The number of fused-ring (bicyclic) bond motifs is 1. The van der Waals surface area contributed by atoms with Gasteiger partial charge < -0.3 is 4.74 Å². The molecule has 1 aromatic heterocycles. The van der Waals surface area contributed by atoms with Gasteiger partial charge in [0.05, 0.1) is 17.7 Å². The molecule has 20 heavy (non-hydrogen) atoms. The van der Waals surface area contributed by atoms with E-state index in [2.05, 4.69) is 10.2 Å². The third kappa shape index (κ3) is 2.16. The van der Waals surface area contributed by atoms with Crippen LogP contribution >= 0.6 is 0 Å². The molecule has 0 aliphatic rings. The molecule has 4 nitrogen and oxygen atoms in total. The number of hydrogen-bond acceptors (Lipinski definition) is 3. The second-order valence-electron chi connectivity index (χ2n) is 4.41. The number of aromatic nitrogens is 2. The zero-order chi connectivity index (χ0) is 13.9. The molecule has 0 bridgehead atoms. The van der Waals surface area contributed by atoms with Gasteiger partial charge >= 0.3 is 0 Å². The molecular weight excluding hydrogens is 252 g/mol. The van der Waals surface area contributed by atoms with E-state index in [1.54, 1.807) is 6.07 Å². The molecule has 0 amide bonds. The zero-order valence-corrected chi connectivity index (χ0v) is 11.1. The second-order valence-corrected chi connectivity index (χ2v) is 4.41. The maximum atomic E-state index is 11.9. The van der Waals surface area contributed by atoms with Crippen molar-refractivity contribution in [2.75, 3.05) is 6.61 Å². The van der Waals surface area contributed by atoms with Gasteiger partial charge in [-0.05, 0) is 25.1 Å². The number of benzene rings is 2. The van der Waals surface area contributed by atoms with Gasteiger partial charge in [0.25, 0.3) is 5.56 Å². The Kier molecular flexibility index (Phi) is 3.21. The Morgan fingerprint density at radius 3 is 2.65 bits per heavy atom. The Morgan fingerprint density at radius 1 is 1.10 bits per heavy atom. The van der Waals surface area contributed by atoms with Gasteiger partial charge in [0.1, 0.15) is 5.75 Å². The molecule has 1 N–H and O–H groups in total. The van der Waals surface area contributed by atoms with Crippen LogP contribution in [0.1, 0.15) is 6.92 Å². The predicted molar refractivity (Wildman–Crippen MR) is 79.0 cm³/mol. The van der Waals surface area contributed by atoms with Crippen molar-refractivity contribution in [3.63, 3.8) is 0 Å². The molecule has 0 saturated heterocycles. The normalized spacial score (nSPS) is 10.7. The summed E-state index contributed by atoms with van der Waals surface area (Å²) in [6.45, 7) is 2.48. The van der Waals surface area contributed by atoms with Crippen LogP contribution in [0.5, 0.6) is 5.75 Å². The summed E-state index contributed by atoms with van der Waals surface area (Å²) in [6, 6.07) is 15.3. The maximum absolute atomic E-state index is 11.9. The smallest absolute Gasteiger partial charge is 0.272 e. The topological polar surface area (TPSA) is 55.0 Å². The molecule has 0 radical (unpaired) electrons. The Morgan fingerprint density at radius 2 is 1.90 bits per heavy atom. The van der Waals surface area contributed by atoms with Crippen molar-refractivity contribution in [3.05, 3.63) is 58.9 Å². The van der Waals surface area contributed by atoms with E-state index in [9.17, 15) is 4.79 Å². The summed E-state index contributed by atoms with van der Waals surface area (Å²) in [5, 5.41) is 8.13. The fourth-order valence-corrected chi connectivity index (χ4v) is 2.22. The lowest BCUT2D eigenvalue weighted by molar-refractivity contribution is 0.340. The molecule has 1 heterocycles. The van der Waals surface area contributed by atoms with E-state index in [1.807, 2.05) is 49.4 Å². The van der Waals surface area contributed by atoms with Gasteiger partial charge in [-0.15, -0.1) is 0 Å². The minimum Gasteiger partial charge on any atom is -0.494 e. The number of hydrogen-bond donors (Lipinski definition) is 1. The van der Waals surface area contributed by atoms with Gasteiger partial charge in [0.2, 0.25) is 0 Å². The van der Waals surface area contributed by atoms with Crippen molar-refractivity contribution < 1.29 is 4.74 Å². The average Bonchev–Trinajstić information content (AvgIpc) is 2.49. The van der Waals surface area contributed by atoms with E-state index in [1.165, 1.54) is 0 Å². The molecule has 3 aromatic rings. The van der Waals surface area contributed by atoms with Crippen molar-refractivity contribution >= 4 is 10.8 Å². The van der Waals surface area contributed by atoms with Crippen LogP contribution in [0.3, 0.4) is 0 Å². The Balaban J connectivity index is 2.25. The molecule has 0 unspecified atom stereocenters. The van der Waals surface area contributed by atoms with E-state index in [0.717, 1.165) is 16.6 Å². The summed E-state index contributed by atoms with van der Waals surface area (Å²) in [5.41, 5.74) is 1.53. The van der Waals surface area contributed by atoms with Crippen LogP contribution in [-0.4, -0.2) is 16.8 Å². The molecule has 0 saturated carbocycles. The molecule has 0 atom stereocenters. The molecule has 0 aliphatic carbocycles. The Bertz CT molecular complexity index is 794. The van der Waals surface area contributed by atoms with E-state index in [-0.39, 0.29) is 5.56 Å². The molecular formula is C16H14N2O2. The van der Waals surface area contributed by atoms with Gasteiger partial charge in [0, 0.05) is 10.9 Å². The highest BCUT2D eigenvalue weighted by atomic mass is 16.5. The minimum absolute atomic E-state index is 0.207. The summed E-state index contributed by atoms with van der Waals surface area (Å²) in [4.78, 5) is 11.9. The summed E-state index contributed by atoms with van der Waals surface area (Å²) in [7, 11) is 0. The van der Waals surface area contributed by atoms with Gasteiger partial charge in [-0.25, -0.2) is 5.10 Å². The lowest BCUT2D eigenvalue weighted by atomic mass is 10.1. The number of aromatic amines is 1. The highest BCUT2D eigenvalue weighted by Crippen LogP contribution is 2.26. The van der Waals surface area contributed by atoms with Crippen LogP contribution in [0.4, 0.5) is 0 Å². The largest absolute Gasteiger partial charge is 0.494 e. The fourth-order valence-electron chi connectivity index (χ4n) is 2.22. The van der Waals surface area contributed by atoms with Gasteiger partial charge in [-0.1, -0.05) is 30.3 Å². The van der Waals surface area contributed by atoms with Crippen LogP contribution in [0.2, 0.25) is 0 Å². The number of nitrogens with zero attached hydrogens (tertiary/aromatic N) is 1. The summed E-state index contributed by atoms with van der Waals surface area (Å²) in [6.07, 6.45) is 0. The first-order valence-corrected chi connectivity index (χ1v) is 6.50. The van der Waals surface area contributed by atoms with Crippen molar-refractivity contribution in [3.8, 4) is 17.0 Å². The Hall–Kier alpha value is -2.62. The van der Waals surface area contributed by atoms with Gasteiger partial charge in [0.15, 0.2) is 0 Å². The molecule has 0 aliphatic heterocycles. The first-order chi connectivity index (χ1) is 9.79. The van der Waals surface area contributed by atoms with Gasteiger partial charge in [-0.3, -0.25) is 4.79 Å². The van der Waals surface area contributed by atoms with E-state index < -0.39 is 0 Å². The predicted octanol–water partition coefficient (Wildman–Crippen LogP) is 2.99. The highest BCUT2D eigenvalue weighted by molar-refractivity contribution is 5.94. The van der Waals surface area contributed by atoms with E-state index in [0.29, 0.717) is 17.7 Å². The maximum Gasteiger partial charge on any atom is 0.272 e. The lowest BCUT2D eigenvalue weighted by Gasteiger charge is -2.07. The standard InChI is InChI=1S/C16H14N2O2/c1-2-20-12-8-9-13-14(10-12)16(19)18-17-15(13)11-6-4-3-5-7-11/h3-10H,2H2,1H3,(H,18,19). The molecule has 3 rings (SSSR count). The highest BCUT2D eigenvalue weighted by Gasteiger charge is 2.09. The third-order valence-electron chi connectivity index (χ3n) is 3.12. The van der Waals surface area contributed by atoms with E-state index >= 15 is 0 Å². The quantitative estimate of drug-likeness (QED) is 0.793. The zero-order valence-electron chi connectivity index (χ0n) is 11.1. The van der Waals surface area contributed by atoms with Crippen molar-refractivity contribution in [1.82, 2.24) is 10.2 Å². The number of ether oxygens (including phenoxy) is 1. The third-order valence-corrected chi connectivity index (χ3v) is 3.12. The number of rotatable bonds is 3. The molecule has 4 heteroatoms. The minimum atomic E-state index is -0.207. The average molecular weight is 266 g/mol. The summed E-state index contributed by atoms with van der Waals surface area (Å²) in [5.74, 6) is 0.690. The SMILES string of the molecule is CCOc1ccc2c(-c3ccccc3)n[nH]c(=O)c2c1. The fraction of sp³-hybridized carbons (Fsp3) is 0.125. The van der Waals surface area contributed by atoms with Crippen molar-refractivity contribution in [1.29, 1.82) is 0 Å². The molecule has 2 aromatic carbocycles. The monoisotopic (exact) mass is 266 g/mol.